The predicted octanol–water partition coefficient (Wildman–Crippen LogP) is 1.46. The molecular formula is C16H14F3N3O3. The zero-order chi connectivity index (χ0) is 18.4. The normalized spacial score (nSPS) is 18.1. The minimum absolute atomic E-state index is 0.240. The van der Waals surface area contributed by atoms with Gasteiger partial charge in [-0.3, -0.25) is 14.4 Å². The van der Waals surface area contributed by atoms with Crippen LogP contribution >= 0.6 is 0 Å². The largest absolute Gasteiger partial charge is 0.471 e. The molecule has 0 saturated carbocycles. The number of fused-ring (bicyclic) bond motifs is 3. The number of benzene rings is 1. The smallest absolute Gasteiger partial charge is 0.352 e. The fourth-order valence-corrected chi connectivity index (χ4v) is 2.85. The Labute approximate surface area is 139 Å². The molecule has 0 aliphatic heterocycles. The van der Waals surface area contributed by atoms with Crippen LogP contribution in [0.1, 0.15) is 23.0 Å². The molecule has 0 spiro atoms. The first-order valence-electron chi connectivity index (χ1n) is 7.50. The Balaban J connectivity index is 1.69. The summed E-state index contributed by atoms with van der Waals surface area (Å²) in [5, 5.41) is 4.81. The Morgan fingerprint density at radius 3 is 2.64 bits per heavy atom. The number of H-pyrrole nitrogens is 1. The summed E-state index contributed by atoms with van der Waals surface area (Å²) in [6, 6.07) is 5.02. The third kappa shape index (κ3) is 3.09. The minimum atomic E-state index is -5.08. The van der Waals surface area contributed by atoms with Gasteiger partial charge in [0.1, 0.15) is 6.04 Å². The van der Waals surface area contributed by atoms with Crippen LogP contribution in [0.4, 0.5) is 13.2 Å². The molecule has 3 N–H and O–H groups in total. The monoisotopic (exact) mass is 353 g/mol. The lowest BCUT2D eigenvalue weighted by Gasteiger charge is -2.18. The standard InChI is InChI=1S/C16H14F3N3O3/c1-7(20-15(25)16(17,18)19)14(24)22-11-6-9-8-4-2-3-5-10(8)21-12(9)13(11)23/h2-5,7,11,21H,6H2,1H3,(H,20,25)(H,22,24)/t7-,11-/m0/s1. The molecule has 2 atom stereocenters. The van der Waals surface area contributed by atoms with Crippen molar-refractivity contribution in [2.75, 3.05) is 0 Å². The number of nitrogens with one attached hydrogen (secondary N) is 3. The van der Waals surface area contributed by atoms with Gasteiger partial charge >= 0.3 is 12.1 Å². The van der Waals surface area contributed by atoms with Crippen molar-refractivity contribution < 1.29 is 27.6 Å². The number of ketones is 1. The van der Waals surface area contributed by atoms with Crippen LogP contribution in [0.25, 0.3) is 10.9 Å². The van der Waals surface area contributed by atoms with E-state index in [0.29, 0.717) is 5.69 Å². The summed E-state index contributed by atoms with van der Waals surface area (Å²) in [5.74, 6) is -3.40. The number of aromatic amines is 1. The predicted molar refractivity (Wildman–Crippen MR) is 81.9 cm³/mol. The Bertz CT molecular complexity index is 872. The molecular weight excluding hydrogens is 339 g/mol. The summed E-state index contributed by atoms with van der Waals surface area (Å²) in [4.78, 5) is 38.2. The lowest BCUT2D eigenvalue weighted by atomic mass is 10.1. The SMILES string of the molecule is C[C@H](NC(=O)C(F)(F)F)C(=O)N[C@H]1Cc2c([nH]c3ccccc23)C1=O. The minimum Gasteiger partial charge on any atom is -0.352 e. The van der Waals surface area contributed by atoms with E-state index >= 15 is 0 Å². The number of hydrogen-bond acceptors (Lipinski definition) is 3. The van der Waals surface area contributed by atoms with Crippen LogP contribution in [0.2, 0.25) is 0 Å². The molecule has 0 saturated heterocycles. The van der Waals surface area contributed by atoms with Gasteiger partial charge in [0, 0.05) is 17.3 Å². The van der Waals surface area contributed by atoms with Crippen molar-refractivity contribution in [3.05, 3.63) is 35.5 Å². The van der Waals surface area contributed by atoms with Crippen molar-refractivity contribution >= 4 is 28.5 Å². The lowest BCUT2D eigenvalue weighted by molar-refractivity contribution is -0.174. The van der Waals surface area contributed by atoms with Crippen LogP contribution in [0.3, 0.4) is 0 Å². The summed E-state index contributed by atoms with van der Waals surface area (Å²) >= 11 is 0. The third-order valence-corrected chi connectivity index (χ3v) is 4.10. The van der Waals surface area contributed by atoms with Crippen LogP contribution < -0.4 is 10.6 Å². The Morgan fingerprint density at radius 1 is 1.28 bits per heavy atom. The van der Waals surface area contributed by atoms with Gasteiger partial charge in [-0.25, -0.2) is 0 Å². The van der Waals surface area contributed by atoms with Crippen LogP contribution in [0.5, 0.6) is 0 Å². The van der Waals surface area contributed by atoms with Crippen LogP contribution in [0, 0.1) is 0 Å². The number of amides is 2. The molecule has 1 aliphatic rings. The van der Waals surface area contributed by atoms with Gasteiger partial charge in [0.25, 0.3) is 0 Å². The van der Waals surface area contributed by atoms with Crippen molar-refractivity contribution in [2.45, 2.75) is 31.6 Å². The Kier molecular flexibility index (Phi) is 4.02. The molecule has 6 nitrogen and oxygen atoms in total. The first-order chi connectivity index (χ1) is 11.7. The Hall–Kier alpha value is -2.84. The summed E-state index contributed by atoms with van der Waals surface area (Å²) < 4.78 is 36.7. The molecule has 2 amide bonds. The zero-order valence-electron chi connectivity index (χ0n) is 13.0. The van der Waals surface area contributed by atoms with E-state index in [-0.39, 0.29) is 12.2 Å². The number of halogens is 3. The number of para-hydroxylation sites is 1. The molecule has 3 rings (SSSR count). The Morgan fingerprint density at radius 2 is 1.96 bits per heavy atom. The van der Waals surface area contributed by atoms with Gasteiger partial charge in [-0.05, 0) is 18.6 Å². The van der Waals surface area contributed by atoms with E-state index in [1.165, 1.54) is 0 Å². The van der Waals surface area contributed by atoms with E-state index in [2.05, 4.69) is 10.3 Å². The van der Waals surface area contributed by atoms with Gasteiger partial charge in [-0.15, -0.1) is 0 Å². The van der Waals surface area contributed by atoms with Gasteiger partial charge in [0.05, 0.1) is 11.7 Å². The van der Waals surface area contributed by atoms with Crippen molar-refractivity contribution in [1.29, 1.82) is 0 Å². The average Bonchev–Trinajstić information content (AvgIpc) is 3.04. The number of carbonyl (C=O) groups excluding carboxylic acids is 3. The second-order valence-corrected chi connectivity index (χ2v) is 5.85. The summed E-state index contributed by atoms with van der Waals surface area (Å²) in [5.41, 5.74) is 1.95. The maximum Gasteiger partial charge on any atom is 0.471 e. The number of carbonyl (C=O) groups is 3. The number of alkyl halides is 3. The molecule has 2 aromatic rings. The zero-order valence-corrected chi connectivity index (χ0v) is 13.0. The van der Waals surface area contributed by atoms with Gasteiger partial charge in [-0.1, -0.05) is 18.2 Å². The quantitative estimate of drug-likeness (QED) is 0.780. The van der Waals surface area contributed by atoms with Crippen LogP contribution in [-0.2, 0) is 16.0 Å². The molecule has 1 aromatic carbocycles. The fourth-order valence-electron chi connectivity index (χ4n) is 2.85. The van der Waals surface area contributed by atoms with Crippen LogP contribution in [0.15, 0.2) is 24.3 Å². The van der Waals surface area contributed by atoms with Crippen molar-refractivity contribution in [3.63, 3.8) is 0 Å². The van der Waals surface area contributed by atoms with E-state index in [1.54, 1.807) is 5.32 Å². The van der Waals surface area contributed by atoms with E-state index in [4.69, 9.17) is 0 Å². The molecule has 1 aliphatic carbocycles. The molecule has 0 fully saturated rings. The van der Waals surface area contributed by atoms with Gasteiger partial charge in [0.15, 0.2) is 0 Å². The van der Waals surface area contributed by atoms with E-state index in [0.717, 1.165) is 23.4 Å². The lowest BCUT2D eigenvalue weighted by Crippen LogP contribution is -2.52. The summed E-state index contributed by atoms with van der Waals surface area (Å²) in [7, 11) is 0. The highest BCUT2D eigenvalue weighted by molar-refractivity contribution is 6.10. The molecule has 1 aromatic heterocycles. The molecule has 0 unspecified atom stereocenters. The summed E-state index contributed by atoms with van der Waals surface area (Å²) in [6.45, 7) is 1.12. The van der Waals surface area contributed by atoms with Gasteiger partial charge in [0.2, 0.25) is 11.7 Å². The second-order valence-electron chi connectivity index (χ2n) is 5.85. The molecule has 0 bridgehead atoms. The van der Waals surface area contributed by atoms with Gasteiger partial charge in [-0.2, -0.15) is 13.2 Å². The number of Topliss-reactive ketones (excluding diaryl/α,β-unsaturated/α-hetero) is 1. The first kappa shape index (κ1) is 17.0. The number of rotatable bonds is 3. The summed E-state index contributed by atoms with van der Waals surface area (Å²) in [6.07, 6.45) is -4.84. The highest BCUT2D eigenvalue weighted by atomic mass is 19.4. The maximum atomic E-state index is 12.4. The van der Waals surface area contributed by atoms with Crippen molar-refractivity contribution in [3.8, 4) is 0 Å². The van der Waals surface area contributed by atoms with Crippen molar-refractivity contribution in [1.82, 2.24) is 15.6 Å². The number of hydrogen-bond donors (Lipinski definition) is 3. The molecule has 1 heterocycles. The fraction of sp³-hybridized carbons (Fsp3) is 0.312. The average molecular weight is 353 g/mol. The first-order valence-corrected chi connectivity index (χ1v) is 7.50. The molecule has 132 valence electrons. The maximum absolute atomic E-state index is 12.4. The number of aromatic nitrogens is 1. The third-order valence-electron chi connectivity index (χ3n) is 4.10. The topological polar surface area (TPSA) is 91.1 Å². The van der Waals surface area contributed by atoms with Crippen LogP contribution in [-0.4, -0.2) is 40.8 Å². The van der Waals surface area contributed by atoms with E-state index in [9.17, 15) is 27.6 Å². The van der Waals surface area contributed by atoms with Gasteiger partial charge < -0.3 is 15.6 Å². The highest BCUT2D eigenvalue weighted by Crippen LogP contribution is 2.30. The van der Waals surface area contributed by atoms with E-state index in [1.807, 2.05) is 24.3 Å². The second kappa shape index (κ2) is 5.91. The highest BCUT2D eigenvalue weighted by Gasteiger charge is 2.41. The van der Waals surface area contributed by atoms with E-state index < -0.39 is 30.1 Å². The molecule has 25 heavy (non-hydrogen) atoms. The molecule has 0 radical (unpaired) electrons. The molecule has 9 heteroatoms. The van der Waals surface area contributed by atoms with Crippen molar-refractivity contribution in [2.24, 2.45) is 0 Å².